The summed E-state index contributed by atoms with van der Waals surface area (Å²) in [6, 6.07) is 11.2. The van der Waals surface area contributed by atoms with Gasteiger partial charge in [-0.3, -0.25) is 4.98 Å². The first-order valence-corrected chi connectivity index (χ1v) is 7.45. The summed E-state index contributed by atoms with van der Waals surface area (Å²) in [4.78, 5) is 4.40. The lowest BCUT2D eigenvalue weighted by molar-refractivity contribution is 0.0340. The molecule has 0 fully saturated rings. The highest BCUT2D eigenvalue weighted by atomic mass is 35.5. The zero-order valence-corrected chi connectivity index (χ0v) is 13.0. The van der Waals surface area contributed by atoms with E-state index in [2.05, 4.69) is 10.3 Å². The van der Waals surface area contributed by atoms with Gasteiger partial charge in [-0.15, -0.1) is 0 Å². The van der Waals surface area contributed by atoms with Gasteiger partial charge in [0.1, 0.15) is 11.4 Å². The van der Waals surface area contributed by atoms with Crippen LogP contribution in [0.25, 0.3) is 10.9 Å². The fraction of sp³-hybridized carbons (Fsp3) is 0.235. The average molecular weight is 317 g/mol. The summed E-state index contributed by atoms with van der Waals surface area (Å²) in [5.74, 6) is 0.541. The van der Waals surface area contributed by atoms with Crippen molar-refractivity contribution in [3.63, 3.8) is 0 Å². The highest BCUT2D eigenvalue weighted by molar-refractivity contribution is 6.35. The minimum absolute atomic E-state index is 0.372. The Morgan fingerprint density at radius 2 is 2.14 bits per heavy atom. The number of benzene rings is 1. The fourth-order valence-electron chi connectivity index (χ4n) is 2.45. The van der Waals surface area contributed by atoms with E-state index in [0.29, 0.717) is 23.9 Å². The SMILES string of the molecule is CC(O)(CNCc1ccc(Cl)c2cccnc12)c1ccco1. The van der Waals surface area contributed by atoms with E-state index in [1.807, 2.05) is 24.3 Å². The highest BCUT2D eigenvalue weighted by Gasteiger charge is 2.25. The summed E-state index contributed by atoms with van der Waals surface area (Å²) < 4.78 is 5.27. The predicted octanol–water partition coefficient (Wildman–Crippen LogP) is 3.48. The van der Waals surface area contributed by atoms with Crippen LogP contribution in [0.15, 0.2) is 53.3 Å². The van der Waals surface area contributed by atoms with Crippen LogP contribution in [0.3, 0.4) is 0 Å². The van der Waals surface area contributed by atoms with Crippen LogP contribution in [0, 0.1) is 0 Å². The second-order valence-electron chi connectivity index (χ2n) is 5.46. The third-order valence-electron chi connectivity index (χ3n) is 3.64. The van der Waals surface area contributed by atoms with E-state index in [1.165, 1.54) is 0 Å². The quantitative estimate of drug-likeness (QED) is 0.756. The normalized spacial score (nSPS) is 14.1. The Hall–Kier alpha value is -1.88. The molecule has 0 aliphatic carbocycles. The summed E-state index contributed by atoms with van der Waals surface area (Å²) >= 11 is 6.19. The van der Waals surface area contributed by atoms with Gasteiger partial charge in [0.15, 0.2) is 0 Å². The van der Waals surface area contributed by atoms with Gasteiger partial charge in [0, 0.05) is 29.7 Å². The summed E-state index contributed by atoms with van der Waals surface area (Å²) in [5, 5.41) is 15.3. The lowest BCUT2D eigenvalue weighted by atomic mass is 10.0. The zero-order chi connectivity index (χ0) is 15.6. The molecule has 0 aliphatic rings. The van der Waals surface area contributed by atoms with Crippen molar-refractivity contribution in [3.05, 3.63) is 65.2 Å². The summed E-state index contributed by atoms with van der Waals surface area (Å²) in [6.45, 7) is 2.68. The van der Waals surface area contributed by atoms with Crippen LogP contribution in [0.2, 0.25) is 5.02 Å². The summed E-state index contributed by atoms with van der Waals surface area (Å²) in [5.41, 5.74) is 0.856. The monoisotopic (exact) mass is 316 g/mol. The van der Waals surface area contributed by atoms with Crippen LogP contribution in [-0.2, 0) is 12.1 Å². The number of halogens is 1. The Labute approximate surface area is 133 Å². The number of nitrogens with zero attached hydrogens (tertiary/aromatic N) is 1. The van der Waals surface area contributed by atoms with E-state index in [4.69, 9.17) is 16.0 Å². The standard InChI is InChI=1S/C17H17ClN2O2/c1-17(21,15-5-3-9-22-15)11-19-10-12-6-7-14(18)13-4-2-8-20-16(12)13/h2-9,19,21H,10-11H2,1H3. The van der Waals surface area contributed by atoms with E-state index in [1.54, 1.807) is 31.5 Å². The molecule has 22 heavy (non-hydrogen) atoms. The molecule has 0 saturated carbocycles. The Morgan fingerprint density at radius 3 is 2.91 bits per heavy atom. The molecule has 0 spiro atoms. The Bertz CT molecular complexity index is 769. The topological polar surface area (TPSA) is 58.3 Å². The smallest absolute Gasteiger partial charge is 0.136 e. The predicted molar refractivity (Wildman–Crippen MR) is 86.7 cm³/mol. The number of nitrogens with one attached hydrogen (secondary N) is 1. The number of pyridine rings is 1. The van der Waals surface area contributed by atoms with Crippen LogP contribution >= 0.6 is 11.6 Å². The minimum Gasteiger partial charge on any atom is -0.466 e. The largest absolute Gasteiger partial charge is 0.466 e. The summed E-state index contributed by atoms with van der Waals surface area (Å²) in [7, 11) is 0. The van der Waals surface area contributed by atoms with E-state index >= 15 is 0 Å². The minimum atomic E-state index is -1.06. The molecule has 5 heteroatoms. The maximum Gasteiger partial charge on any atom is 0.136 e. The fourth-order valence-corrected chi connectivity index (χ4v) is 2.67. The van der Waals surface area contributed by atoms with E-state index < -0.39 is 5.60 Å². The zero-order valence-electron chi connectivity index (χ0n) is 12.2. The van der Waals surface area contributed by atoms with Gasteiger partial charge in [0.25, 0.3) is 0 Å². The van der Waals surface area contributed by atoms with Crippen molar-refractivity contribution in [1.29, 1.82) is 0 Å². The first-order valence-electron chi connectivity index (χ1n) is 7.07. The van der Waals surface area contributed by atoms with E-state index in [9.17, 15) is 5.11 Å². The molecule has 3 rings (SSSR count). The van der Waals surface area contributed by atoms with Crippen LogP contribution in [0.5, 0.6) is 0 Å². The van der Waals surface area contributed by atoms with Crippen molar-refractivity contribution in [3.8, 4) is 0 Å². The molecule has 2 heterocycles. The van der Waals surface area contributed by atoms with Gasteiger partial charge in [-0.25, -0.2) is 0 Å². The molecule has 0 radical (unpaired) electrons. The van der Waals surface area contributed by atoms with Gasteiger partial charge in [-0.1, -0.05) is 17.7 Å². The number of aliphatic hydroxyl groups is 1. The molecule has 0 saturated heterocycles. The van der Waals surface area contributed by atoms with Gasteiger partial charge in [0.2, 0.25) is 0 Å². The molecule has 2 aromatic heterocycles. The van der Waals surface area contributed by atoms with Crippen LogP contribution in [0.4, 0.5) is 0 Å². The lowest BCUT2D eigenvalue weighted by Crippen LogP contribution is -2.34. The van der Waals surface area contributed by atoms with Crippen molar-refractivity contribution in [1.82, 2.24) is 10.3 Å². The second-order valence-corrected chi connectivity index (χ2v) is 5.87. The molecule has 1 atom stereocenters. The number of fused-ring (bicyclic) bond motifs is 1. The molecule has 1 aromatic carbocycles. The molecule has 0 bridgehead atoms. The average Bonchev–Trinajstić information content (AvgIpc) is 3.05. The van der Waals surface area contributed by atoms with Gasteiger partial charge in [0.05, 0.1) is 11.8 Å². The van der Waals surface area contributed by atoms with Crippen molar-refractivity contribution in [2.24, 2.45) is 0 Å². The number of hydrogen-bond donors (Lipinski definition) is 2. The van der Waals surface area contributed by atoms with Crippen LogP contribution < -0.4 is 5.32 Å². The molecule has 0 aliphatic heterocycles. The van der Waals surface area contributed by atoms with Gasteiger partial charge in [-0.2, -0.15) is 0 Å². The number of hydrogen-bond acceptors (Lipinski definition) is 4. The molecule has 2 N–H and O–H groups in total. The molecular weight excluding hydrogens is 300 g/mol. The van der Waals surface area contributed by atoms with Crippen molar-refractivity contribution in [2.75, 3.05) is 6.54 Å². The highest BCUT2D eigenvalue weighted by Crippen LogP contribution is 2.25. The third kappa shape index (κ3) is 2.99. The van der Waals surface area contributed by atoms with Crippen LogP contribution in [-0.4, -0.2) is 16.6 Å². The number of rotatable bonds is 5. The third-order valence-corrected chi connectivity index (χ3v) is 3.97. The molecule has 1 unspecified atom stereocenters. The Morgan fingerprint density at radius 1 is 1.27 bits per heavy atom. The molecule has 3 aromatic rings. The Balaban J connectivity index is 1.74. The first-order chi connectivity index (χ1) is 10.6. The first kappa shape index (κ1) is 15.0. The van der Waals surface area contributed by atoms with E-state index in [-0.39, 0.29) is 0 Å². The van der Waals surface area contributed by atoms with Crippen molar-refractivity contribution in [2.45, 2.75) is 19.1 Å². The van der Waals surface area contributed by atoms with Crippen molar-refractivity contribution < 1.29 is 9.52 Å². The molecular formula is C17H17ClN2O2. The molecule has 0 amide bonds. The molecule has 4 nitrogen and oxygen atoms in total. The van der Waals surface area contributed by atoms with Gasteiger partial charge >= 0.3 is 0 Å². The number of furan rings is 1. The molecule has 114 valence electrons. The Kier molecular flexibility index (Phi) is 4.16. The maximum atomic E-state index is 10.4. The van der Waals surface area contributed by atoms with Gasteiger partial charge in [-0.05, 0) is 42.8 Å². The maximum absolute atomic E-state index is 10.4. The van der Waals surface area contributed by atoms with Crippen molar-refractivity contribution >= 4 is 22.5 Å². The lowest BCUT2D eigenvalue weighted by Gasteiger charge is -2.21. The summed E-state index contributed by atoms with van der Waals surface area (Å²) in [6.07, 6.45) is 3.31. The number of aromatic nitrogens is 1. The van der Waals surface area contributed by atoms with Gasteiger partial charge < -0.3 is 14.8 Å². The van der Waals surface area contributed by atoms with E-state index in [0.717, 1.165) is 16.5 Å². The second kappa shape index (κ2) is 6.08. The van der Waals surface area contributed by atoms with Crippen LogP contribution in [0.1, 0.15) is 18.2 Å².